The van der Waals surface area contributed by atoms with Crippen molar-refractivity contribution in [3.63, 3.8) is 0 Å². The first-order valence-corrected chi connectivity index (χ1v) is 7.39. The number of esters is 1. The summed E-state index contributed by atoms with van der Waals surface area (Å²) in [6.07, 6.45) is 0. The molecule has 1 amide bonds. The summed E-state index contributed by atoms with van der Waals surface area (Å²) in [6.45, 7) is 2.18. The van der Waals surface area contributed by atoms with E-state index in [1.54, 1.807) is 18.0 Å². The predicted octanol–water partition coefficient (Wildman–Crippen LogP) is 2.87. The summed E-state index contributed by atoms with van der Waals surface area (Å²) >= 11 is 1.36. The molecule has 0 aliphatic carbocycles. The molecule has 0 radical (unpaired) electrons. The molecule has 0 saturated carbocycles. The number of aryl methyl sites for hydroxylation is 1. The van der Waals surface area contributed by atoms with E-state index >= 15 is 0 Å². The van der Waals surface area contributed by atoms with E-state index in [0.717, 1.165) is 10.4 Å². The van der Waals surface area contributed by atoms with Crippen molar-refractivity contribution >= 4 is 23.2 Å². The van der Waals surface area contributed by atoms with Crippen molar-refractivity contribution in [1.29, 1.82) is 0 Å². The Kier molecular flexibility index (Phi) is 5.11. The van der Waals surface area contributed by atoms with E-state index in [4.69, 9.17) is 4.74 Å². The van der Waals surface area contributed by atoms with Crippen molar-refractivity contribution in [3.8, 4) is 0 Å². The number of likely N-dealkylation sites (N-methyl/N-ethyl adjacent to an activating group) is 1. The molecule has 0 spiro atoms. The van der Waals surface area contributed by atoms with Gasteiger partial charge in [-0.3, -0.25) is 4.79 Å². The molecule has 0 aliphatic rings. The highest BCUT2D eigenvalue weighted by molar-refractivity contribution is 7.13. The van der Waals surface area contributed by atoms with Crippen LogP contribution in [0.1, 0.15) is 20.1 Å². The molecule has 4 nitrogen and oxygen atoms in total. The number of benzene rings is 1. The predicted molar refractivity (Wildman–Crippen MR) is 82.3 cm³/mol. The van der Waals surface area contributed by atoms with Crippen molar-refractivity contribution < 1.29 is 14.3 Å². The van der Waals surface area contributed by atoms with Gasteiger partial charge in [-0.25, -0.2) is 4.79 Å². The zero-order valence-corrected chi connectivity index (χ0v) is 12.9. The fourth-order valence-corrected chi connectivity index (χ4v) is 2.56. The summed E-state index contributed by atoms with van der Waals surface area (Å²) in [5, 5.41) is 0. The van der Waals surface area contributed by atoms with Gasteiger partial charge in [-0.2, -0.15) is 0 Å². The van der Waals surface area contributed by atoms with Gasteiger partial charge in [0, 0.05) is 18.5 Å². The molecular formula is C16H17NO3S. The van der Waals surface area contributed by atoms with Crippen LogP contribution in [0.25, 0.3) is 0 Å². The first-order valence-electron chi connectivity index (χ1n) is 6.57. The lowest BCUT2D eigenvalue weighted by atomic mass is 10.2. The number of thiophene rings is 1. The van der Waals surface area contributed by atoms with Gasteiger partial charge < -0.3 is 9.64 Å². The van der Waals surface area contributed by atoms with Gasteiger partial charge in [-0.15, -0.1) is 11.3 Å². The molecule has 0 N–H and O–H groups in total. The van der Waals surface area contributed by atoms with Crippen LogP contribution in [0.5, 0.6) is 0 Å². The Hall–Kier alpha value is -2.14. The maximum atomic E-state index is 11.9. The van der Waals surface area contributed by atoms with Crippen LogP contribution in [-0.4, -0.2) is 30.4 Å². The number of hydrogen-bond donors (Lipinski definition) is 0. The van der Waals surface area contributed by atoms with Gasteiger partial charge in [0.15, 0.2) is 6.61 Å². The minimum absolute atomic E-state index is 0.222. The first-order chi connectivity index (χ1) is 10.1. The Balaban J connectivity index is 1.82. The number of hydrogen-bond acceptors (Lipinski definition) is 4. The molecule has 1 aromatic carbocycles. The van der Waals surface area contributed by atoms with Crippen LogP contribution in [0.3, 0.4) is 0 Å². The van der Waals surface area contributed by atoms with Gasteiger partial charge >= 0.3 is 5.97 Å². The number of nitrogens with zero attached hydrogens (tertiary/aromatic N) is 1. The highest BCUT2D eigenvalue weighted by Crippen LogP contribution is 2.16. The topological polar surface area (TPSA) is 46.6 Å². The third-order valence-electron chi connectivity index (χ3n) is 2.96. The number of amides is 1. The second-order valence-corrected chi connectivity index (χ2v) is 6.01. The SMILES string of the molecule is Cc1ccc(C(=O)OCC(=O)N(C)Cc2ccccc2)s1. The highest BCUT2D eigenvalue weighted by atomic mass is 32.1. The maximum Gasteiger partial charge on any atom is 0.348 e. The molecular weight excluding hydrogens is 286 g/mol. The molecule has 1 heterocycles. The standard InChI is InChI=1S/C16H17NO3S/c1-12-8-9-14(21-12)16(19)20-11-15(18)17(2)10-13-6-4-3-5-7-13/h3-9H,10-11H2,1-2H3. The lowest BCUT2D eigenvalue weighted by Gasteiger charge is -2.17. The van der Waals surface area contributed by atoms with Gasteiger partial charge in [-0.05, 0) is 24.6 Å². The van der Waals surface area contributed by atoms with Crippen molar-refractivity contribution in [2.24, 2.45) is 0 Å². The molecule has 0 atom stereocenters. The summed E-state index contributed by atoms with van der Waals surface area (Å²) in [5.41, 5.74) is 1.04. The Morgan fingerprint density at radius 2 is 1.86 bits per heavy atom. The number of carbonyl (C=O) groups excluding carboxylic acids is 2. The highest BCUT2D eigenvalue weighted by Gasteiger charge is 2.14. The number of ether oxygens (including phenoxy) is 1. The van der Waals surface area contributed by atoms with Crippen LogP contribution in [0.4, 0.5) is 0 Å². The summed E-state index contributed by atoms with van der Waals surface area (Å²) in [6, 6.07) is 13.2. The van der Waals surface area contributed by atoms with Crippen molar-refractivity contribution in [3.05, 3.63) is 57.8 Å². The number of carbonyl (C=O) groups is 2. The van der Waals surface area contributed by atoms with E-state index in [-0.39, 0.29) is 12.5 Å². The molecule has 2 rings (SSSR count). The van der Waals surface area contributed by atoms with E-state index in [1.165, 1.54) is 11.3 Å². The lowest BCUT2D eigenvalue weighted by Crippen LogP contribution is -2.30. The minimum Gasteiger partial charge on any atom is -0.451 e. The zero-order chi connectivity index (χ0) is 15.2. The fraction of sp³-hybridized carbons (Fsp3) is 0.250. The molecule has 2 aromatic rings. The van der Waals surface area contributed by atoms with Crippen molar-refractivity contribution in [1.82, 2.24) is 4.90 Å². The number of rotatable bonds is 5. The Labute approximate surface area is 128 Å². The third-order valence-corrected chi connectivity index (χ3v) is 3.94. The molecule has 21 heavy (non-hydrogen) atoms. The van der Waals surface area contributed by atoms with Crippen LogP contribution in [-0.2, 0) is 16.1 Å². The Bertz CT molecular complexity index is 621. The fourth-order valence-electron chi connectivity index (χ4n) is 1.80. The lowest BCUT2D eigenvalue weighted by molar-refractivity contribution is -0.133. The average molecular weight is 303 g/mol. The van der Waals surface area contributed by atoms with Crippen molar-refractivity contribution in [2.45, 2.75) is 13.5 Å². The first kappa shape index (κ1) is 15.3. The van der Waals surface area contributed by atoms with E-state index in [9.17, 15) is 9.59 Å². The normalized spacial score (nSPS) is 10.2. The van der Waals surface area contributed by atoms with Crippen LogP contribution in [0.15, 0.2) is 42.5 Å². The van der Waals surface area contributed by atoms with Crippen LogP contribution >= 0.6 is 11.3 Å². The monoisotopic (exact) mass is 303 g/mol. The van der Waals surface area contributed by atoms with Crippen molar-refractivity contribution in [2.75, 3.05) is 13.7 Å². The molecule has 0 fully saturated rings. The third kappa shape index (κ3) is 4.43. The average Bonchev–Trinajstić information content (AvgIpc) is 2.92. The van der Waals surface area contributed by atoms with Gasteiger partial charge in [0.05, 0.1) is 0 Å². The van der Waals surface area contributed by atoms with Gasteiger partial charge in [-0.1, -0.05) is 30.3 Å². The van der Waals surface area contributed by atoms with E-state index in [1.807, 2.05) is 43.3 Å². The quantitative estimate of drug-likeness (QED) is 0.798. The zero-order valence-electron chi connectivity index (χ0n) is 12.0. The molecule has 0 aliphatic heterocycles. The summed E-state index contributed by atoms with van der Waals surface area (Å²) in [5.74, 6) is -0.671. The summed E-state index contributed by atoms with van der Waals surface area (Å²) in [4.78, 5) is 26.8. The molecule has 0 bridgehead atoms. The van der Waals surface area contributed by atoms with Gasteiger partial charge in [0.1, 0.15) is 4.88 Å². The molecule has 5 heteroatoms. The Morgan fingerprint density at radius 1 is 1.14 bits per heavy atom. The largest absolute Gasteiger partial charge is 0.451 e. The van der Waals surface area contributed by atoms with E-state index < -0.39 is 5.97 Å². The molecule has 0 unspecified atom stereocenters. The van der Waals surface area contributed by atoms with Crippen LogP contribution < -0.4 is 0 Å². The van der Waals surface area contributed by atoms with E-state index in [0.29, 0.717) is 11.4 Å². The minimum atomic E-state index is -0.449. The Morgan fingerprint density at radius 3 is 2.48 bits per heavy atom. The molecule has 1 aromatic heterocycles. The summed E-state index contributed by atoms with van der Waals surface area (Å²) < 4.78 is 5.04. The maximum absolute atomic E-state index is 11.9. The second-order valence-electron chi connectivity index (χ2n) is 4.72. The smallest absolute Gasteiger partial charge is 0.348 e. The van der Waals surface area contributed by atoms with Crippen LogP contribution in [0, 0.1) is 6.92 Å². The van der Waals surface area contributed by atoms with E-state index in [2.05, 4.69) is 0 Å². The summed E-state index contributed by atoms with van der Waals surface area (Å²) in [7, 11) is 1.69. The second kappa shape index (κ2) is 7.04. The molecule has 110 valence electrons. The molecule has 0 saturated heterocycles. The van der Waals surface area contributed by atoms with Gasteiger partial charge in [0.2, 0.25) is 0 Å². The van der Waals surface area contributed by atoms with Crippen LogP contribution in [0.2, 0.25) is 0 Å². The van der Waals surface area contributed by atoms with Gasteiger partial charge in [0.25, 0.3) is 5.91 Å².